The highest BCUT2D eigenvalue weighted by atomic mass is 19.1. The molecule has 1 heterocycles. The van der Waals surface area contributed by atoms with Crippen molar-refractivity contribution in [2.75, 3.05) is 5.73 Å². The highest BCUT2D eigenvalue weighted by Crippen LogP contribution is 2.09. The van der Waals surface area contributed by atoms with Gasteiger partial charge in [-0.1, -0.05) is 0 Å². The second-order valence-corrected chi connectivity index (χ2v) is 1.80. The van der Waals surface area contributed by atoms with E-state index in [0.29, 0.717) is 11.4 Å². The van der Waals surface area contributed by atoms with Crippen molar-refractivity contribution in [3.05, 3.63) is 11.9 Å². The quantitative estimate of drug-likeness (QED) is 0.599. The van der Waals surface area contributed by atoms with Crippen molar-refractivity contribution in [3.8, 4) is 0 Å². The van der Waals surface area contributed by atoms with Gasteiger partial charge in [-0.2, -0.15) is 5.10 Å². The molecule has 0 saturated carbocycles. The zero-order chi connectivity index (χ0) is 6.85. The molecule has 50 valence electrons. The molecule has 1 rings (SSSR count). The smallest absolute Gasteiger partial charge is 0.133 e. The van der Waals surface area contributed by atoms with E-state index in [-0.39, 0.29) is 0 Å². The number of hydrogen-bond donors (Lipinski definition) is 1. The molecule has 0 atom stereocenters. The number of anilines is 1. The summed E-state index contributed by atoms with van der Waals surface area (Å²) in [7, 11) is 1.66. The Labute approximate surface area is 52.3 Å². The zero-order valence-corrected chi connectivity index (χ0v) is 5.13. The first-order valence-corrected chi connectivity index (χ1v) is 2.58. The molecule has 4 heteroatoms. The predicted octanol–water partition coefficient (Wildman–Crippen LogP) is 0.472. The molecule has 9 heavy (non-hydrogen) atoms. The van der Waals surface area contributed by atoms with Crippen molar-refractivity contribution in [2.45, 2.75) is 6.67 Å². The third-order valence-corrected chi connectivity index (χ3v) is 1.22. The van der Waals surface area contributed by atoms with Crippen molar-refractivity contribution in [2.24, 2.45) is 7.05 Å². The Morgan fingerprint density at radius 3 is 2.78 bits per heavy atom. The zero-order valence-electron chi connectivity index (χ0n) is 5.13. The minimum Gasteiger partial charge on any atom is -0.396 e. The topological polar surface area (TPSA) is 43.8 Å². The maximum atomic E-state index is 11.9. The molecule has 0 bridgehead atoms. The molecule has 0 aliphatic rings. The third kappa shape index (κ3) is 0.872. The monoisotopic (exact) mass is 129 g/mol. The Morgan fingerprint density at radius 1 is 1.89 bits per heavy atom. The van der Waals surface area contributed by atoms with E-state index >= 15 is 0 Å². The SMILES string of the molecule is Cn1ncc(N)c1CF. The number of nitrogens with zero attached hydrogens (tertiary/aromatic N) is 2. The fraction of sp³-hybridized carbons (Fsp3) is 0.400. The Hall–Kier alpha value is -1.06. The van der Waals surface area contributed by atoms with Gasteiger partial charge in [0.15, 0.2) is 0 Å². The summed E-state index contributed by atoms with van der Waals surface area (Å²) in [6.45, 7) is -0.553. The molecule has 0 amide bonds. The number of aryl methyl sites for hydroxylation is 1. The van der Waals surface area contributed by atoms with Crippen LogP contribution in [0.15, 0.2) is 6.20 Å². The van der Waals surface area contributed by atoms with Gasteiger partial charge in [0, 0.05) is 7.05 Å². The van der Waals surface area contributed by atoms with Crippen molar-refractivity contribution < 1.29 is 4.39 Å². The highest BCUT2D eigenvalue weighted by molar-refractivity contribution is 5.40. The number of alkyl halides is 1. The van der Waals surface area contributed by atoms with Crippen molar-refractivity contribution in [1.82, 2.24) is 9.78 Å². The first-order chi connectivity index (χ1) is 4.25. The van der Waals surface area contributed by atoms with Gasteiger partial charge in [0.25, 0.3) is 0 Å². The van der Waals surface area contributed by atoms with E-state index in [9.17, 15) is 4.39 Å². The number of nitrogens with two attached hydrogens (primary N) is 1. The molecule has 0 aliphatic heterocycles. The summed E-state index contributed by atoms with van der Waals surface area (Å²) >= 11 is 0. The van der Waals surface area contributed by atoms with Crippen molar-refractivity contribution in [1.29, 1.82) is 0 Å². The summed E-state index contributed by atoms with van der Waals surface area (Å²) < 4.78 is 13.4. The van der Waals surface area contributed by atoms with Gasteiger partial charge >= 0.3 is 0 Å². The van der Waals surface area contributed by atoms with Gasteiger partial charge in [-0.05, 0) is 0 Å². The number of nitrogen functional groups attached to an aromatic ring is 1. The number of rotatable bonds is 1. The van der Waals surface area contributed by atoms with E-state index in [2.05, 4.69) is 5.10 Å². The van der Waals surface area contributed by atoms with Gasteiger partial charge in [0.1, 0.15) is 6.67 Å². The van der Waals surface area contributed by atoms with Crippen LogP contribution in [-0.4, -0.2) is 9.78 Å². The van der Waals surface area contributed by atoms with E-state index in [1.807, 2.05) is 0 Å². The summed E-state index contributed by atoms with van der Waals surface area (Å²) in [5.74, 6) is 0. The van der Waals surface area contributed by atoms with E-state index < -0.39 is 6.67 Å². The van der Waals surface area contributed by atoms with Crippen LogP contribution in [0.3, 0.4) is 0 Å². The van der Waals surface area contributed by atoms with Crippen molar-refractivity contribution in [3.63, 3.8) is 0 Å². The number of aromatic nitrogens is 2. The van der Waals surface area contributed by atoms with Crippen LogP contribution >= 0.6 is 0 Å². The van der Waals surface area contributed by atoms with E-state index in [0.717, 1.165) is 0 Å². The van der Waals surface area contributed by atoms with E-state index in [1.54, 1.807) is 7.05 Å². The van der Waals surface area contributed by atoms with Gasteiger partial charge in [0.05, 0.1) is 17.6 Å². The molecule has 3 nitrogen and oxygen atoms in total. The predicted molar refractivity (Wildman–Crippen MR) is 32.4 cm³/mol. The van der Waals surface area contributed by atoms with Crippen LogP contribution in [0.5, 0.6) is 0 Å². The summed E-state index contributed by atoms with van der Waals surface area (Å²) in [6.07, 6.45) is 1.44. The normalized spacial score (nSPS) is 10.0. The van der Waals surface area contributed by atoms with Crippen LogP contribution < -0.4 is 5.73 Å². The molecule has 0 spiro atoms. The molecule has 0 fully saturated rings. The first-order valence-electron chi connectivity index (χ1n) is 2.58. The summed E-state index contributed by atoms with van der Waals surface area (Å²) in [5, 5.41) is 3.74. The molecule has 1 aromatic rings. The van der Waals surface area contributed by atoms with Crippen LogP contribution in [0.4, 0.5) is 10.1 Å². The van der Waals surface area contributed by atoms with Gasteiger partial charge in [-0.3, -0.25) is 4.68 Å². The third-order valence-electron chi connectivity index (χ3n) is 1.22. The van der Waals surface area contributed by atoms with Gasteiger partial charge < -0.3 is 5.73 Å². The fourth-order valence-corrected chi connectivity index (χ4v) is 0.643. The summed E-state index contributed by atoms with van der Waals surface area (Å²) in [6, 6.07) is 0. The Kier molecular flexibility index (Phi) is 1.38. The number of hydrogen-bond acceptors (Lipinski definition) is 2. The number of halogens is 1. The maximum Gasteiger partial charge on any atom is 0.133 e. The lowest BCUT2D eigenvalue weighted by molar-refractivity contribution is 0.459. The lowest BCUT2D eigenvalue weighted by atomic mass is 10.4. The molecule has 0 unspecified atom stereocenters. The van der Waals surface area contributed by atoms with Crippen LogP contribution in [0, 0.1) is 0 Å². The second-order valence-electron chi connectivity index (χ2n) is 1.80. The minimum absolute atomic E-state index is 0.417. The van der Waals surface area contributed by atoms with E-state index in [4.69, 9.17) is 5.73 Å². The molecular formula is C5H8FN3. The molecular weight excluding hydrogens is 121 g/mol. The van der Waals surface area contributed by atoms with Crippen LogP contribution in [0.2, 0.25) is 0 Å². The molecule has 0 aromatic carbocycles. The maximum absolute atomic E-state index is 11.9. The largest absolute Gasteiger partial charge is 0.396 e. The van der Waals surface area contributed by atoms with Crippen LogP contribution in [0.1, 0.15) is 5.69 Å². The Bertz CT molecular complexity index is 186. The van der Waals surface area contributed by atoms with E-state index in [1.165, 1.54) is 10.9 Å². The fourth-order valence-electron chi connectivity index (χ4n) is 0.643. The lowest BCUT2D eigenvalue weighted by Gasteiger charge is -1.94. The second kappa shape index (κ2) is 2.05. The standard InChI is InChI=1S/C5H8FN3/c1-9-5(2-6)4(7)3-8-9/h3H,2,7H2,1H3. The van der Waals surface area contributed by atoms with Crippen molar-refractivity contribution >= 4 is 5.69 Å². The summed E-state index contributed by atoms with van der Waals surface area (Å²) in [4.78, 5) is 0. The van der Waals surface area contributed by atoms with Crippen LogP contribution in [-0.2, 0) is 13.7 Å². The average molecular weight is 129 g/mol. The molecule has 0 aliphatic carbocycles. The average Bonchev–Trinajstić information content (AvgIpc) is 2.12. The van der Waals surface area contributed by atoms with Gasteiger partial charge in [0.2, 0.25) is 0 Å². The minimum atomic E-state index is -0.553. The molecule has 0 radical (unpaired) electrons. The molecule has 2 N–H and O–H groups in total. The van der Waals surface area contributed by atoms with Crippen LogP contribution in [0.25, 0.3) is 0 Å². The lowest BCUT2D eigenvalue weighted by Crippen LogP contribution is -1.97. The van der Waals surface area contributed by atoms with Gasteiger partial charge in [-0.25, -0.2) is 4.39 Å². The molecule has 1 aromatic heterocycles. The first kappa shape index (κ1) is 6.07. The highest BCUT2D eigenvalue weighted by Gasteiger charge is 2.01. The summed E-state index contributed by atoms with van der Waals surface area (Å²) in [5.41, 5.74) is 6.19. The molecule has 0 saturated heterocycles. The van der Waals surface area contributed by atoms with Gasteiger partial charge in [-0.15, -0.1) is 0 Å². The Morgan fingerprint density at radius 2 is 2.56 bits per heavy atom. The Balaban J connectivity index is 3.07.